The average molecular weight is 331 g/mol. The van der Waals surface area contributed by atoms with E-state index in [1.165, 1.54) is 10.9 Å². The molecule has 2 N–H and O–H groups in total. The Bertz CT molecular complexity index is 813. The predicted molar refractivity (Wildman–Crippen MR) is 89.8 cm³/mol. The minimum atomic E-state index is -0.889. The topological polar surface area (TPSA) is 101 Å². The lowest BCUT2D eigenvalue weighted by atomic mass is 10.1. The van der Waals surface area contributed by atoms with E-state index >= 15 is 0 Å². The zero-order valence-corrected chi connectivity index (χ0v) is 13.8. The van der Waals surface area contributed by atoms with Gasteiger partial charge >= 0.3 is 5.97 Å². The van der Waals surface area contributed by atoms with E-state index in [0.717, 1.165) is 5.56 Å². The predicted octanol–water partition coefficient (Wildman–Crippen LogP) is 1.46. The van der Waals surface area contributed by atoms with E-state index in [9.17, 15) is 14.4 Å². The van der Waals surface area contributed by atoms with Crippen LogP contribution in [0, 0.1) is 6.92 Å². The fourth-order valence-electron chi connectivity index (χ4n) is 2.48. The summed E-state index contributed by atoms with van der Waals surface area (Å²) < 4.78 is 1.42. The number of para-hydroxylation sites is 1. The number of benzene rings is 1. The normalized spacial score (nSPS) is 12.1. The second-order valence-corrected chi connectivity index (χ2v) is 5.87. The van der Waals surface area contributed by atoms with E-state index in [2.05, 4.69) is 10.3 Å². The van der Waals surface area contributed by atoms with E-state index in [4.69, 9.17) is 5.11 Å². The molecule has 1 aromatic heterocycles. The van der Waals surface area contributed by atoms with Crippen molar-refractivity contribution in [1.29, 1.82) is 0 Å². The standard InChI is InChI=1S/C17H21N3O4/c1-11-4-3-5-13-16(11)18-10-20(17(13)24)9-8-14(21)19-12(2)6-7-15(22)23/h3-5,10,12H,6-9H2,1-2H3,(H,19,21)(H,22,23). The molecule has 0 fully saturated rings. The summed E-state index contributed by atoms with van der Waals surface area (Å²) >= 11 is 0. The molecule has 0 aliphatic rings. The Balaban J connectivity index is 1.98. The summed E-state index contributed by atoms with van der Waals surface area (Å²) in [6, 6.07) is 5.21. The first-order valence-corrected chi connectivity index (χ1v) is 7.84. The average Bonchev–Trinajstić information content (AvgIpc) is 2.53. The highest BCUT2D eigenvalue weighted by Gasteiger charge is 2.11. The van der Waals surface area contributed by atoms with Gasteiger partial charge in [0.05, 0.1) is 17.2 Å². The smallest absolute Gasteiger partial charge is 0.303 e. The lowest BCUT2D eigenvalue weighted by molar-refractivity contribution is -0.137. The lowest BCUT2D eigenvalue weighted by Crippen LogP contribution is -2.34. The number of nitrogens with one attached hydrogen (secondary N) is 1. The van der Waals surface area contributed by atoms with Gasteiger partial charge in [0, 0.05) is 25.4 Å². The number of hydrogen-bond donors (Lipinski definition) is 2. The molecular weight excluding hydrogens is 310 g/mol. The number of nitrogens with zero attached hydrogens (tertiary/aromatic N) is 2. The SMILES string of the molecule is Cc1cccc2c(=O)n(CCC(=O)NC(C)CCC(=O)O)cnc12. The Hall–Kier alpha value is -2.70. The van der Waals surface area contributed by atoms with Gasteiger partial charge in [0.25, 0.3) is 5.56 Å². The van der Waals surface area contributed by atoms with Gasteiger partial charge in [0.2, 0.25) is 5.91 Å². The quantitative estimate of drug-likeness (QED) is 0.800. The number of rotatable bonds is 7. The van der Waals surface area contributed by atoms with Crippen molar-refractivity contribution in [3.05, 3.63) is 40.4 Å². The summed E-state index contributed by atoms with van der Waals surface area (Å²) in [5, 5.41) is 11.9. The Kier molecular flexibility index (Phi) is 5.68. The molecule has 0 bridgehead atoms. The third kappa shape index (κ3) is 4.41. The number of carboxylic acid groups (broad SMARTS) is 1. The number of fused-ring (bicyclic) bond motifs is 1. The monoisotopic (exact) mass is 331 g/mol. The number of carboxylic acids is 1. The molecule has 0 radical (unpaired) electrons. The second kappa shape index (κ2) is 7.72. The van der Waals surface area contributed by atoms with Crippen LogP contribution in [0.25, 0.3) is 10.9 Å². The molecule has 1 unspecified atom stereocenters. The van der Waals surface area contributed by atoms with Crippen molar-refractivity contribution in [3.63, 3.8) is 0 Å². The fourth-order valence-corrected chi connectivity index (χ4v) is 2.48. The van der Waals surface area contributed by atoms with Gasteiger partial charge in [0.1, 0.15) is 0 Å². The molecule has 1 atom stereocenters. The number of carbonyl (C=O) groups excluding carboxylic acids is 1. The van der Waals surface area contributed by atoms with Crippen LogP contribution >= 0.6 is 0 Å². The summed E-state index contributed by atoms with van der Waals surface area (Å²) in [7, 11) is 0. The van der Waals surface area contributed by atoms with E-state index in [1.807, 2.05) is 19.1 Å². The van der Waals surface area contributed by atoms with Gasteiger partial charge in [-0.1, -0.05) is 12.1 Å². The first-order valence-electron chi connectivity index (χ1n) is 7.84. The number of hydrogen-bond acceptors (Lipinski definition) is 4. The van der Waals surface area contributed by atoms with Crippen LogP contribution in [0.5, 0.6) is 0 Å². The maximum atomic E-state index is 12.4. The summed E-state index contributed by atoms with van der Waals surface area (Å²) in [5.74, 6) is -1.11. The number of aromatic nitrogens is 2. The largest absolute Gasteiger partial charge is 0.481 e. The molecule has 1 heterocycles. The highest BCUT2D eigenvalue weighted by atomic mass is 16.4. The van der Waals surface area contributed by atoms with Crippen molar-refractivity contribution in [3.8, 4) is 0 Å². The lowest BCUT2D eigenvalue weighted by Gasteiger charge is -2.13. The van der Waals surface area contributed by atoms with Gasteiger partial charge in [-0.15, -0.1) is 0 Å². The number of carbonyl (C=O) groups is 2. The summed E-state index contributed by atoms with van der Waals surface area (Å²) in [4.78, 5) is 39.1. The van der Waals surface area contributed by atoms with Gasteiger partial charge in [0.15, 0.2) is 0 Å². The van der Waals surface area contributed by atoms with Gasteiger partial charge in [-0.3, -0.25) is 19.0 Å². The van der Waals surface area contributed by atoms with Gasteiger partial charge in [-0.05, 0) is 31.9 Å². The molecule has 2 rings (SSSR count). The van der Waals surface area contributed by atoms with E-state index in [1.54, 1.807) is 13.0 Å². The summed E-state index contributed by atoms with van der Waals surface area (Å²) in [6.45, 7) is 3.88. The Labute approximate surface area is 139 Å². The van der Waals surface area contributed by atoms with Crippen LogP contribution in [0.2, 0.25) is 0 Å². The molecule has 1 amide bonds. The Morgan fingerprint density at radius 2 is 2.08 bits per heavy atom. The van der Waals surface area contributed by atoms with Crippen LogP contribution in [0.15, 0.2) is 29.3 Å². The molecule has 7 nitrogen and oxygen atoms in total. The molecule has 0 saturated carbocycles. The maximum absolute atomic E-state index is 12.4. The number of aliphatic carboxylic acids is 1. The van der Waals surface area contributed by atoms with Crippen molar-refractivity contribution in [2.75, 3.05) is 0 Å². The van der Waals surface area contributed by atoms with Crippen molar-refractivity contribution in [2.45, 2.75) is 45.7 Å². The van der Waals surface area contributed by atoms with E-state index < -0.39 is 5.97 Å². The highest BCUT2D eigenvalue weighted by molar-refractivity contribution is 5.80. The first kappa shape index (κ1) is 17.7. The molecule has 0 aliphatic carbocycles. The van der Waals surface area contributed by atoms with Gasteiger partial charge < -0.3 is 10.4 Å². The zero-order valence-electron chi connectivity index (χ0n) is 13.8. The van der Waals surface area contributed by atoms with Crippen LogP contribution in [0.1, 0.15) is 31.7 Å². The highest BCUT2D eigenvalue weighted by Crippen LogP contribution is 2.11. The first-order chi connectivity index (χ1) is 11.4. The minimum absolute atomic E-state index is 0.00878. The molecular formula is C17H21N3O4. The summed E-state index contributed by atoms with van der Waals surface area (Å²) in [6.07, 6.45) is 1.97. The maximum Gasteiger partial charge on any atom is 0.303 e. The molecule has 1 aromatic carbocycles. The third-order valence-electron chi connectivity index (χ3n) is 3.83. The van der Waals surface area contributed by atoms with Gasteiger partial charge in [-0.25, -0.2) is 4.98 Å². The zero-order chi connectivity index (χ0) is 17.7. The van der Waals surface area contributed by atoms with Crippen molar-refractivity contribution < 1.29 is 14.7 Å². The van der Waals surface area contributed by atoms with Crippen molar-refractivity contribution in [2.24, 2.45) is 0 Å². The molecule has 0 saturated heterocycles. The molecule has 128 valence electrons. The van der Waals surface area contributed by atoms with E-state index in [-0.39, 0.29) is 36.9 Å². The van der Waals surface area contributed by atoms with Crippen LogP contribution in [0.4, 0.5) is 0 Å². The molecule has 24 heavy (non-hydrogen) atoms. The fraction of sp³-hybridized carbons (Fsp3) is 0.412. The molecule has 0 spiro atoms. The third-order valence-corrected chi connectivity index (χ3v) is 3.83. The van der Waals surface area contributed by atoms with Crippen molar-refractivity contribution >= 4 is 22.8 Å². The van der Waals surface area contributed by atoms with Crippen LogP contribution < -0.4 is 10.9 Å². The molecule has 2 aromatic rings. The number of amides is 1. The Morgan fingerprint density at radius 3 is 2.79 bits per heavy atom. The molecule has 0 aliphatic heterocycles. The van der Waals surface area contributed by atoms with Crippen LogP contribution in [0.3, 0.4) is 0 Å². The van der Waals surface area contributed by atoms with Crippen LogP contribution in [-0.4, -0.2) is 32.6 Å². The van der Waals surface area contributed by atoms with Gasteiger partial charge in [-0.2, -0.15) is 0 Å². The van der Waals surface area contributed by atoms with E-state index in [0.29, 0.717) is 17.3 Å². The summed E-state index contributed by atoms with van der Waals surface area (Å²) in [5.41, 5.74) is 1.43. The van der Waals surface area contributed by atoms with Crippen LogP contribution in [-0.2, 0) is 16.1 Å². The number of aryl methyl sites for hydroxylation is 2. The van der Waals surface area contributed by atoms with Crippen molar-refractivity contribution in [1.82, 2.24) is 14.9 Å². The minimum Gasteiger partial charge on any atom is -0.481 e. The Morgan fingerprint density at radius 1 is 1.33 bits per heavy atom. The molecule has 7 heteroatoms. The second-order valence-electron chi connectivity index (χ2n) is 5.87.